The van der Waals surface area contributed by atoms with Gasteiger partial charge in [-0.1, -0.05) is 0 Å². The average molecular weight is 212 g/mol. The number of nitrogens with one attached hydrogen (secondary N) is 1. The Hall–Kier alpha value is -1.07. The van der Waals surface area contributed by atoms with Gasteiger partial charge in [-0.3, -0.25) is 0 Å². The van der Waals surface area contributed by atoms with E-state index >= 15 is 0 Å². The Morgan fingerprint density at radius 1 is 1.73 bits per heavy atom. The molecule has 1 fully saturated rings. The number of methoxy groups -OCH3 is 1. The fraction of sp³-hybridized carbons (Fsp3) is 0.700. The van der Waals surface area contributed by atoms with Gasteiger partial charge in [0.1, 0.15) is 5.76 Å². The first-order chi connectivity index (χ1) is 7.22. The molecule has 0 spiro atoms. The van der Waals surface area contributed by atoms with Crippen LogP contribution in [0.5, 0.6) is 5.88 Å². The van der Waals surface area contributed by atoms with Gasteiger partial charge in [0.15, 0.2) is 0 Å². The van der Waals surface area contributed by atoms with Crippen LogP contribution in [0, 0.1) is 0 Å². The first kappa shape index (κ1) is 10.4. The molecule has 2 rings (SSSR count). The summed E-state index contributed by atoms with van der Waals surface area (Å²) in [7, 11) is 1.54. The highest BCUT2D eigenvalue weighted by Crippen LogP contribution is 2.23. The number of aromatic nitrogens is 1. The molecule has 1 saturated heterocycles. The van der Waals surface area contributed by atoms with Gasteiger partial charge in [-0.15, -0.1) is 0 Å². The maximum absolute atomic E-state index is 10.2. The van der Waals surface area contributed by atoms with Crippen molar-refractivity contribution in [1.82, 2.24) is 10.5 Å². The molecule has 84 valence electrons. The van der Waals surface area contributed by atoms with Gasteiger partial charge in [0.2, 0.25) is 0 Å². The topological polar surface area (TPSA) is 67.5 Å². The zero-order valence-corrected chi connectivity index (χ0v) is 8.82. The lowest BCUT2D eigenvalue weighted by Crippen LogP contribution is -2.47. The number of rotatable bonds is 3. The molecule has 1 unspecified atom stereocenters. The Balaban J connectivity index is 2.00. The average Bonchev–Trinajstić information content (AvgIpc) is 2.66. The second kappa shape index (κ2) is 4.20. The summed E-state index contributed by atoms with van der Waals surface area (Å²) in [6.07, 6.45) is 2.27. The quantitative estimate of drug-likeness (QED) is 0.756. The molecule has 0 aliphatic carbocycles. The minimum Gasteiger partial charge on any atom is -0.479 e. The standard InChI is InChI=1S/C10H16N2O3/c1-14-9-5-8(15-12-9)6-10(13)3-2-4-11-7-10/h5,11,13H,2-4,6-7H2,1H3. The normalized spacial score (nSPS) is 26.5. The highest BCUT2D eigenvalue weighted by Gasteiger charge is 2.30. The molecular formula is C10H16N2O3. The first-order valence-corrected chi connectivity index (χ1v) is 5.14. The van der Waals surface area contributed by atoms with Crippen LogP contribution in [0.25, 0.3) is 0 Å². The van der Waals surface area contributed by atoms with Crippen molar-refractivity contribution >= 4 is 0 Å². The van der Waals surface area contributed by atoms with Crippen molar-refractivity contribution in [3.8, 4) is 5.88 Å². The van der Waals surface area contributed by atoms with Crippen LogP contribution in [0.15, 0.2) is 10.6 Å². The van der Waals surface area contributed by atoms with Crippen LogP contribution in [0.2, 0.25) is 0 Å². The van der Waals surface area contributed by atoms with E-state index in [9.17, 15) is 5.11 Å². The fourth-order valence-corrected chi connectivity index (χ4v) is 1.90. The van der Waals surface area contributed by atoms with Crippen LogP contribution in [0.3, 0.4) is 0 Å². The summed E-state index contributed by atoms with van der Waals surface area (Å²) in [4.78, 5) is 0. The minimum atomic E-state index is -0.706. The molecule has 1 aliphatic heterocycles. The lowest BCUT2D eigenvalue weighted by molar-refractivity contribution is 0.0114. The SMILES string of the molecule is COc1cc(CC2(O)CCCNC2)on1. The lowest BCUT2D eigenvalue weighted by Gasteiger charge is -2.31. The van der Waals surface area contributed by atoms with E-state index in [1.54, 1.807) is 13.2 Å². The molecule has 0 radical (unpaired) electrons. The number of β-amino-alcohol motifs (C(OH)–C–C–N with tert-alkyl or cyclic N) is 1. The van der Waals surface area contributed by atoms with Crippen LogP contribution < -0.4 is 10.1 Å². The van der Waals surface area contributed by atoms with Crippen LogP contribution in [0.1, 0.15) is 18.6 Å². The Kier molecular flexibility index (Phi) is 2.93. The summed E-state index contributed by atoms with van der Waals surface area (Å²) >= 11 is 0. The molecule has 2 heterocycles. The molecule has 0 saturated carbocycles. The van der Waals surface area contributed by atoms with Gasteiger partial charge in [0, 0.05) is 19.0 Å². The molecule has 2 N–H and O–H groups in total. The van der Waals surface area contributed by atoms with E-state index in [1.165, 1.54) is 0 Å². The van der Waals surface area contributed by atoms with Crippen LogP contribution >= 0.6 is 0 Å². The van der Waals surface area contributed by atoms with Crippen LogP contribution in [0.4, 0.5) is 0 Å². The van der Waals surface area contributed by atoms with Crippen molar-refractivity contribution in [3.63, 3.8) is 0 Å². The Bertz CT molecular complexity index is 318. The predicted molar refractivity (Wildman–Crippen MR) is 53.8 cm³/mol. The summed E-state index contributed by atoms with van der Waals surface area (Å²) in [5.74, 6) is 1.12. The Morgan fingerprint density at radius 2 is 2.60 bits per heavy atom. The molecule has 1 aliphatic rings. The zero-order chi connectivity index (χ0) is 10.7. The van der Waals surface area contributed by atoms with Crippen LogP contribution in [-0.2, 0) is 6.42 Å². The van der Waals surface area contributed by atoms with Gasteiger partial charge in [-0.25, -0.2) is 0 Å². The molecule has 1 aromatic rings. The molecule has 0 aromatic carbocycles. The highest BCUT2D eigenvalue weighted by atomic mass is 16.5. The minimum absolute atomic E-state index is 0.456. The first-order valence-electron chi connectivity index (χ1n) is 5.14. The third kappa shape index (κ3) is 2.49. The van der Waals surface area contributed by atoms with Crippen molar-refractivity contribution < 1.29 is 14.4 Å². The summed E-state index contributed by atoms with van der Waals surface area (Å²) in [5.41, 5.74) is -0.706. The summed E-state index contributed by atoms with van der Waals surface area (Å²) in [6, 6.07) is 1.71. The third-order valence-corrected chi connectivity index (χ3v) is 2.70. The lowest BCUT2D eigenvalue weighted by atomic mass is 9.90. The van der Waals surface area contributed by atoms with Gasteiger partial charge >= 0.3 is 0 Å². The maximum Gasteiger partial charge on any atom is 0.254 e. The van der Waals surface area contributed by atoms with E-state index in [1.807, 2.05) is 0 Å². The third-order valence-electron chi connectivity index (χ3n) is 2.70. The molecule has 5 heteroatoms. The highest BCUT2D eigenvalue weighted by molar-refractivity contribution is 5.13. The molecule has 1 aromatic heterocycles. The summed E-state index contributed by atoms with van der Waals surface area (Å²) in [5, 5.41) is 17.1. The van der Waals surface area contributed by atoms with Gasteiger partial charge < -0.3 is 19.7 Å². The van der Waals surface area contributed by atoms with E-state index in [0.717, 1.165) is 19.4 Å². The fourth-order valence-electron chi connectivity index (χ4n) is 1.90. The monoisotopic (exact) mass is 212 g/mol. The number of piperidine rings is 1. The Labute approximate surface area is 88.4 Å². The number of aliphatic hydroxyl groups is 1. The molecule has 5 nitrogen and oxygen atoms in total. The molecule has 0 bridgehead atoms. The van der Waals surface area contributed by atoms with E-state index in [2.05, 4.69) is 10.5 Å². The van der Waals surface area contributed by atoms with Crippen molar-refractivity contribution in [2.75, 3.05) is 20.2 Å². The van der Waals surface area contributed by atoms with E-state index < -0.39 is 5.60 Å². The Morgan fingerprint density at radius 3 is 3.20 bits per heavy atom. The number of hydrogen-bond acceptors (Lipinski definition) is 5. The predicted octanol–water partition coefficient (Wildman–Crippen LogP) is 0.340. The number of ether oxygens (including phenoxy) is 1. The van der Waals surface area contributed by atoms with E-state index in [-0.39, 0.29) is 0 Å². The number of nitrogens with zero attached hydrogens (tertiary/aromatic N) is 1. The second-order valence-electron chi connectivity index (χ2n) is 4.02. The van der Waals surface area contributed by atoms with E-state index in [0.29, 0.717) is 24.6 Å². The molecular weight excluding hydrogens is 196 g/mol. The molecule has 1 atom stereocenters. The molecule has 15 heavy (non-hydrogen) atoms. The van der Waals surface area contributed by atoms with Crippen molar-refractivity contribution in [2.24, 2.45) is 0 Å². The zero-order valence-electron chi connectivity index (χ0n) is 8.82. The smallest absolute Gasteiger partial charge is 0.254 e. The second-order valence-corrected chi connectivity index (χ2v) is 4.02. The summed E-state index contributed by atoms with van der Waals surface area (Å²) in [6.45, 7) is 1.58. The van der Waals surface area contributed by atoms with Gasteiger partial charge in [0.05, 0.1) is 12.7 Å². The van der Waals surface area contributed by atoms with Crippen LogP contribution in [-0.4, -0.2) is 36.1 Å². The maximum atomic E-state index is 10.2. The van der Waals surface area contributed by atoms with Crippen molar-refractivity contribution in [2.45, 2.75) is 24.9 Å². The molecule has 0 amide bonds. The van der Waals surface area contributed by atoms with Gasteiger partial charge in [0.25, 0.3) is 5.88 Å². The van der Waals surface area contributed by atoms with Gasteiger partial charge in [-0.05, 0) is 24.5 Å². The largest absolute Gasteiger partial charge is 0.479 e. The van der Waals surface area contributed by atoms with E-state index in [4.69, 9.17) is 9.26 Å². The van der Waals surface area contributed by atoms with Crippen molar-refractivity contribution in [1.29, 1.82) is 0 Å². The van der Waals surface area contributed by atoms with Crippen molar-refractivity contribution in [3.05, 3.63) is 11.8 Å². The number of hydrogen-bond donors (Lipinski definition) is 2. The van der Waals surface area contributed by atoms with Gasteiger partial charge in [-0.2, -0.15) is 0 Å². The summed E-state index contributed by atoms with van der Waals surface area (Å²) < 4.78 is 9.98.